The second-order valence-electron chi connectivity index (χ2n) is 3.99. The van der Waals surface area contributed by atoms with Crippen LogP contribution in [0, 0.1) is 0 Å². The van der Waals surface area contributed by atoms with Crippen LogP contribution in [0.4, 0.5) is 0 Å². The number of hydrogen-bond acceptors (Lipinski definition) is 2. The van der Waals surface area contributed by atoms with Crippen molar-refractivity contribution in [2.45, 2.75) is 52.0 Å². The third kappa shape index (κ3) is 4.25. The summed E-state index contributed by atoms with van der Waals surface area (Å²) in [4.78, 5) is 3.05. The Morgan fingerprint density at radius 3 is 2.50 bits per heavy atom. The first kappa shape index (κ1) is 11.7. The zero-order chi connectivity index (χ0) is 10.4. The molecule has 0 aliphatic rings. The van der Waals surface area contributed by atoms with E-state index in [-0.39, 0.29) is 0 Å². The average molecular weight is 211 g/mol. The third-order valence-corrected chi connectivity index (χ3v) is 3.50. The van der Waals surface area contributed by atoms with Gasteiger partial charge in [0.05, 0.1) is 0 Å². The number of rotatable bonds is 6. The molecule has 0 saturated carbocycles. The predicted molar refractivity (Wildman–Crippen MR) is 64.9 cm³/mol. The molecule has 1 nitrogen and oxygen atoms in total. The zero-order valence-electron chi connectivity index (χ0n) is 9.25. The molecule has 0 aliphatic heterocycles. The summed E-state index contributed by atoms with van der Waals surface area (Å²) in [5.74, 6) is 0. The standard InChI is InChI=1S/C12H21NS/c1-3-5-11-8-9-12(14-11)7-4-6-10(2)13/h8-10H,3-7,13H2,1-2H3. The van der Waals surface area contributed by atoms with Crippen LogP contribution in [0.15, 0.2) is 12.1 Å². The van der Waals surface area contributed by atoms with Crippen molar-refractivity contribution in [3.05, 3.63) is 21.9 Å². The molecule has 80 valence electrons. The van der Waals surface area contributed by atoms with Gasteiger partial charge in [0.2, 0.25) is 0 Å². The molecule has 0 radical (unpaired) electrons. The first-order valence-electron chi connectivity index (χ1n) is 5.55. The van der Waals surface area contributed by atoms with Gasteiger partial charge in [-0.15, -0.1) is 11.3 Å². The van der Waals surface area contributed by atoms with Gasteiger partial charge in [-0.1, -0.05) is 13.3 Å². The van der Waals surface area contributed by atoms with E-state index in [1.807, 2.05) is 11.3 Å². The molecule has 0 saturated heterocycles. The second-order valence-corrected chi connectivity index (χ2v) is 5.24. The lowest BCUT2D eigenvalue weighted by Crippen LogP contribution is -2.14. The Morgan fingerprint density at radius 2 is 1.93 bits per heavy atom. The lowest BCUT2D eigenvalue weighted by atomic mass is 10.1. The van der Waals surface area contributed by atoms with Crippen molar-refractivity contribution in [3.63, 3.8) is 0 Å². The van der Waals surface area contributed by atoms with Crippen LogP contribution in [0.2, 0.25) is 0 Å². The highest BCUT2D eigenvalue weighted by atomic mass is 32.1. The minimum Gasteiger partial charge on any atom is -0.328 e. The van der Waals surface area contributed by atoms with E-state index in [9.17, 15) is 0 Å². The maximum Gasteiger partial charge on any atom is 0.00481 e. The van der Waals surface area contributed by atoms with Crippen LogP contribution in [0.5, 0.6) is 0 Å². The van der Waals surface area contributed by atoms with E-state index in [1.165, 1.54) is 35.4 Å². The maximum atomic E-state index is 5.71. The Morgan fingerprint density at radius 1 is 1.29 bits per heavy atom. The van der Waals surface area contributed by atoms with Gasteiger partial charge in [0.15, 0.2) is 0 Å². The largest absolute Gasteiger partial charge is 0.328 e. The fraction of sp³-hybridized carbons (Fsp3) is 0.667. The van der Waals surface area contributed by atoms with E-state index in [2.05, 4.69) is 26.0 Å². The van der Waals surface area contributed by atoms with Crippen LogP contribution < -0.4 is 5.73 Å². The first-order chi connectivity index (χ1) is 6.72. The fourth-order valence-corrected chi connectivity index (χ4v) is 2.70. The van der Waals surface area contributed by atoms with Crippen LogP contribution in [-0.4, -0.2) is 6.04 Å². The van der Waals surface area contributed by atoms with Gasteiger partial charge in [0.25, 0.3) is 0 Å². The molecular weight excluding hydrogens is 190 g/mol. The summed E-state index contributed by atoms with van der Waals surface area (Å²) in [6, 6.07) is 4.90. The summed E-state index contributed by atoms with van der Waals surface area (Å²) in [6.45, 7) is 4.31. The minimum absolute atomic E-state index is 0.352. The van der Waals surface area contributed by atoms with Crippen molar-refractivity contribution in [1.82, 2.24) is 0 Å². The SMILES string of the molecule is CCCc1ccc(CCCC(C)N)s1. The van der Waals surface area contributed by atoms with Crippen molar-refractivity contribution >= 4 is 11.3 Å². The highest BCUT2D eigenvalue weighted by Gasteiger charge is 2.00. The molecule has 0 bridgehead atoms. The number of aryl methyl sites for hydroxylation is 2. The van der Waals surface area contributed by atoms with Crippen LogP contribution in [-0.2, 0) is 12.8 Å². The maximum absolute atomic E-state index is 5.71. The molecule has 1 atom stereocenters. The minimum atomic E-state index is 0.352. The molecule has 2 N–H and O–H groups in total. The van der Waals surface area contributed by atoms with Crippen LogP contribution in [0.25, 0.3) is 0 Å². The molecule has 1 heterocycles. The molecule has 2 heteroatoms. The molecule has 14 heavy (non-hydrogen) atoms. The van der Waals surface area contributed by atoms with E-state index < -0.39 is 0 Å². The molecule has 1 rings (SSSR count). The number of nitrogens with two attached hydrogens (primary N) is 1. The van der Waals surface area contributed by atoms with Crippen molar-refractivity contribution in [1.29, 1.82) is 0 Å². The van der Waals surface area contributed by atoms with Crippen molar-refractivity contribution < 1.29 is 0 Å². The van der Waals surface area contributed by atoms with Crippen LogP contribution in [0.3, 0.4) is 0 Å². The van der Waals surface area contributed by atoms with Crippen molar-refractivity contribution in [3.8, 4) is 0 Å². The summed E-state index contributed by atoms with van der Waals surface area (Å²) < 4.78 is 0. The monoisotopic (exact) mass is 211 g/mol. The molecule has 0 aromatic carbocycles. The Bertz CT molecular complexity index is 253. The van der Waals surface area contributed by atoms with Crippen molar-refractivity contribution in [2.24, 2.45) is 5.73 Å². The summed E-state index contributed by atoms with van der Waals surface area (Å²) >= 11 is 1.97. The quantitative estimate of drug-likeness (QED) is 0.767. The molecule has 0 amide bonds. The van der Waals surface area contributed by atoms with Gasteiger partial charge in [-0.3, -0.25) is 0 Å². The Kier molecular flexibility index (Phi) is 5.20. The van der Waals surface area contributed by atoms with Crippen LogP contribution >= 0.6 is 11.3 Å². The van der Waals surface area contributed by atoms with E-state index in [4.69, 9.17) is 5.73 Å². The molecular formula is C12H21NS. The average Bonchev–Trinajstić information content (AvgIpc) is 2.53. The van der Waals surface area contributed by atoms with Gasteiger partial charge in [0, 0.05) is 15.8 Å². The summed E-state index contributed by atoms with van der Waals surface area (Å²) in [7, 11) is 0. The molecule has 0 aliphatic carbocycles. The lowest BCUT2D eigenvalue weighted by Gasteiger charge is -2.02. The van der Waals surface area contributed by atoms with Gasteiger partial charge in [-0.2, -0.15) is 0 Å². The fourth-order valence-electron chi connectivity index (χ4n) is 1.54. The van der Waals surface area contributed by atoms with Gasteiger partial charge >= 0.3 is 0 Å². The summed E-state index contributed by atoms with van der Waals surface area (Å²) in [5, 5.41) is 0. The number of thiophene rings is 1. The smallest absolute Gasteiger partial charge is 0.00481 e. The van der Waals surface area contributed by atoms with E-state index >= 15 is 0 Å². The zero-order valence-corrected chi connectivity index (χ0v) is 10.1. The van der Waals surface area contributed by atoms with Crippen molar-refractivity contribution in [2.75, 3.05) is 0 Å². The van der Waals surface area contributed by atoms with Gasteiger partial charge in [-0.25, -0.2) is 0 Å². The Hall–Kier alpha value is -0.340. The highest BCUT2D eigenvalue weighted by molar-refractivity contribution is 7.11. The lowest BCUT2D eigenvalue weighted by molar-refractivity contribution is 0.627. The molecule has 1 unspecified atom stereocenters. The summed E-state index contributed by atoms with van der Waals surface area (Å²) in [6.07, 6.45) is 6.05. The van der Waals surface area contributed by atoms with E-state index in [0.29, 0.717) is 6.04 Å². The normalized spacial score (nSPS) is 13.1. The topological polar surface area (TPSA) is 26.0 Å². The predicted octanol–water partition coefficient (Wildman–Crippen LogP) is 3.37. The molecule has 0 spiro atoms. The van der Waals surface area contributed by atoms with Gasteiger partial charge in [0.1, 0.15) is 0 Å². The van der Waals surface area contributed by atoms with Gasteiger partial charge < -0.3 is 5.73 Å². The Balaban J connectivity index is 2.28. The molecule has 1 aromatic heterocycles. The first-order valence-corrected chi connectivity index (χ1v) is 6.37. The van der Waals surface area contributed by atoms with Gasteiger partial charge in [-0.05, 0) is 44.7 Å². The van der Waals surface area contributed by atoms with Crippen LogP contribution in [0.1, 0.15) is 42.9 Å². The Labute approximate surface area is 91.3 Å². The number of hydrogen-bond donors (Lipinski definition) is 1. The van der Waals surface area contributed by atoms with E-state index in [1.54, 1.807) is 0 Å². The molecule has 0 fully saturated rings. The molecule has 1 aromatic rings. The summed E-state index contributed by atoms with van der Waals surface area (Å²) in [5.41, 5.74) is 5.71. The third-order valence-electron chi connectivity index (χ3n) is 2.30. The highest BCUT2D eigenvalue weighted by Crippen LogP contribution is 2.19. The second kappa shape index (κ2) is 6.20. The van der Waals surface area contributed by atoms with E-state index in [0.717, 1.165) is 6.42 Å².